The van der Waals surface area contributed by atoms with Gasteiger partial charge in [0.05, 0.1) is 16.5 Å². The molecule has 3 rings (SSSR count). The summed E-state index contributed by atoms with van der Waals surface area (Å²) in [6, 6.07) is 14.0. The first-order valence-electron chi connectivity index (χ1n) is 10.0. The molecular formula is C23H19F2N3O5S. The molecule has 1 aliphatic rings. The molecule has 1 unspecified atom stereocenters. The zero-order chi connectivity index (χ0) is 24.7. The van der Waals surface area contributed by atoms with Gasteiger partial charge in [0.15, 0.2) is 6.10 Å². The molecule has 2 aromatic carbocycles. The topological polar surface area (TPSA) is 109 Å². The third-order valence-corrected chi connectivity index (χ3v) is 5.46. The minimum absolute atomic E-state index is 0.0213. The first-order chi connectivity index (χ1) is 16.3. The Morgan fingerprint density at radius 1 is 1.18 bits per heavy atom. The largest absolute Gasteiger partial charge is 0.481 e. The van der Waals surface area contributed by atoms with Crippen molar-refractivity contribution >= 4 is 34.9 Å². The second kappa shape index (κ2) is 11.3. The number of carbonyl (C=O) groups is 3. The molecule has 0 aromatic heterocycles. The smallest absolute Gasteiger partial charge is 0.387 e. The van der Waals surface area contributed by atoms with Crippen molar-refractivity contribution in [1.29, 1.82) is 5.26 Å². The number of benzene rings is 2. The van der Waals surface area contributed by atoms with Crippen molar-refractivity contribution in [2.45, 2.75) is 19.6 Å². The number of thioether (sulfide) groups is 1. The number of nitrogens with zero attached hydrogens (tertiary/aromatic N) is 2. The van der Waals surface area contributed by atoms with Crippen molar-refractivity contribution in [3.05, 3.63) is 64.6 Å². The van der Waals surface area contributed by atoms with Gasteiger partial charge < -0.3 is 14.8 Å². The minimum Gasteiger partial charge on any atom is -0.481 e. The summed E-state index contributed by atoms with van der Waals surface area (Å²) < 4.78 is 34.3. The van der Waals surface area contributed by atoms with E-state index >= 15 is 0 Å². The fourth-order valence-electron chi connectivity index (χ4n) is 2.92. The molecule has 11 heteroatoms. The van der Waals surface area contributed by atoms with E-state index in [1.165, 1.54) is 43.3 Å². The SMILES string of the molecule is CC(Oc1cccc(C#N)c1)C(=O)NCCN1C(=O)S/C(=C/c2ccc(OC(F)F)cc2)C1=O. The van der Waals surface area contributed by atoms with Crippen molar-refractivity contribution in [1.82, 2.24) is 10.2 Å². The van der Waals surface area contributed by atoms with Crippen molar-refractivity contribution in [3.8, 4) is 17.6 Å². The fraction of sp³-hybridized carbons (Fsp3) is 0.217. The molecular weight excluding hydrogens is 468 g/mol. The monoisotopic (exact) mass is 487 g/mol. The van der Waals surface area contributed by atoms with E-state index in [9.17, 15) is 23.2 Å². The van der Waals surface area contributed by atoms with E-state index in [0.717, 1.165) is 16.7 Å². The lowest BCUT2D eigenvalue weighted by atomic mass is 10.2. The molecule has 1 atom stereocenters. The summed E-state index contributed by atoms with van der Waals surface area (Å²) in [6.45, 7) is -1.41. The molecule has 0 bridgehead atoms. The van der Waals surface area contributed by atoms with Crippen molar-refractivity contribution in [2.75, 3.05) is 13.1 Å². The number of hydrogen-bond donors (Lipinski definition) is 1. The number of nitriles is 1. The average molecular weight is 487 g/mol. The summed E-state index contributed by atoms with van der Waals surface area (Å²) in [7, 11) is 0. The van der Waals surface area contributed by atoms with Crippen molar-refractivity contribution in [2.24, 2.45) is 0 Å². The molecule has 0 saturated carbocycles. The summed E-state index contributed by atoms with van der Waals surface area (Å²) >= 11 is 0.745. The second-order valence-electron chi connectivity index (χ2n) is 6.97. The lowest BCUT2D eigenvalue weighted by molar-refractivity contribution is -0.128. The van der Waals surface area contributed by atoms with Gasteiger partial charge >= 0.3 is 6.61 Å². The first-order valence-corrected chi connectivity index (χ1v) is 10.8. The van der Waals surface area contributed by atoms with Crippen molar-refractivity contribution in [3.63, 3.8) is 0 Å². The van der Waals surface area contributed by atoms with Gasteiger partial charge in [0, 0.05) is 13.1 Å². The maximum atomic E-state index is 12.6. The molecule has 0 spiro atoms. The number of rotatable bonds is 9. The normalized spacial score (nSPS) is 15.4. The van der Waals surface area contributed by atoms with Crippen LogP contribution in [0.2, 0.25) is 0 Å². The summed E-state index contributed by atoms with van der Waals surface area (Å²) in [5.74, 6) is -0.621. The van der Waals surface area contributed by atoms with E-state index in [4.69, 9.17) is 10.00 Å². The Morgan fingerprint density at radius 3 is 2.59 bits per heavy atom. The third kappa shape index (κ3) is 6.55. The molecule has 1 saturated heterocycles. The van der Waals surface area contributed by atoms with Crippen LogP contribution in [0, 0.1) is 11.3 Å². The number of imide groups is 1. The Morgan fingerprint density at radius 2 is 1.91 bits per heavy atom. The molecule has 0 aliphatic carbocycles. The van der Waals surface area contributed by atoms with Crippen LogP contribution in [-0.4, -0.2) is 47.8 Å². The predicted octanol–water partition coefficient (Wildman–Crippen LogP) is 3.78. The predicted molar refractivity (Wildman–Crippen MR) is 120 cm³/mol. The Kier molecular flexibility index (Phi) is 8.21. The fourth-order valence-corrected chi connectivity index (χ4v) is 3.79. The molecule has 2 aromatic rings. The summed E-state index contributed by atoms with van der Waals surface area (Å²) in [5.41, 5.74) is 0.932. The van der Waals surface area contributed by atoms with Gasteiger partial charge in [-0.05, 0) is 60.7 Å². The van der Waals surface area contributed by atoms with Crippen LogP contribution in [0.4, 0.5) is 13.6 Å². The summed E-state index contributed by atoms with van der Waals surface area (Å²) in [5, 5.41) is 11.0. The van der Waals surface area contributed by atoms with Gasteiger partial charge in [0.2, 0.25) is 0 Å². The van der Waals surface area contributed by atoms with Crippen LogP contribution in [-0.2, 0) is 9.59 Å². The number of carbonyl (C=O) groups excluding carboxylic acids is 3. The molecule has 3 amide bonds. The molecule has 8 nitrogen and oxygen atoms in total. The first kappa shape index (κ1) is 24.7. The lowest BCUT2D eigenvalue weighted by Gasteiger charge is -2.16. The van der Waals surface area contributed by atoms with Gasteiger partial charge in [0.1, 0.15) is 11.5 Å². The van der Waals surface area contributed by atoms with Gasteiger partial charge in [-0.2, -0.15) is 14.0 Å². The number of halogens is 2. The summed E-state index contributed by atoms with van der Waals surface area (Å²) in [6.07, 6.45) is 0.613. The molecule has 1 aliphatic heterocycles. The number of amides is 3. The average Bonchev–Trinajstić information content (AvgIpc) is 3.07. The highest BCUT2D eigenvalue weighted by Crippen LogP contribution is 2.32. The number of nitrogens with one attached hydrogen (secondary N) is 1. The minimum atomic E-state index is -2.94. The van der Waals surface area contributed by atoms with Crippen LogP contribution in [0.25, 0.3) is 6.08 Å². The van der Waals surface area contributed by atoms with Crippen LogP contribution < -0.4 is 14.8 Å². The van der Waals surface area contributed by atoms with Gasteiger partial charge in [-0.3, -0.25) is 19.3 Å². The van der Waals surface area contributed by atoms with E-state index in [2.05, 4.69) is 10.1 Å². The Bertz CT molecular complexity index is 1150. The number of alkyl halides is 2. The zero-order valence-corrected chi connectivity index (χ0v) is 18.7. The Hall–Kier alpha value is -3.91. The van der Waals surface area contributed by atoms with E-state index in [0.29, 0.717) is 16.9 Å². The number of hydrogen-bond acceptors (Lipinski definition) is 7. The molecule has 1 heterocycles. The van der Waals surface area contributed by atoms with E-state index < -0.39 is 29.8 Å². The highest BCUT2D eigenvalue weighted by molar-refractivity contribution is 8.18. The van der Waals surface area contributed by atoms with Gasteiger partial charge in [-0.15, -0.1) is 0 Å². The quantitative estimate of drug-likeness (QED) is 0.536. The Labute approximate surface area is 198 Å². The van der Waals surface area contributed by atoms with Gasteiger partial charge in [0.25, 0.3) is 17.1 Å². The molecule has 1 N–H and O–H groups in total. The van der Waals surface area contributed by atoms with E-state index in [1.54, 1.807) is 18.2 Å². The maximum Gasteiger partial charge on any atom is 0.387 e. The third-order valence-electron chi connectivity index (χ3n) is 4.56. The highest BCUT2D eigenvalue weighted by atomic mass is 32.2. The van der Waals surface area contributed by atoms with Crippen LogP contribution in [0.15, 0.2) is 53.4 Å². The van der Waals surface area contributed by atoms with Crippen LogP contribution in [0.5, 0.6) is 11.5 Å². The van der Waals surface area contributed by atoms with Crippen LogP contribution >= 0.6 is 11.8 Å². The van der Waals surface area contributed by atoms with Gasteiger partial charge in [-0.25, -0.2) is 0 Å². The standard InChI is InChI=1S/C23H19F2N3O5S/c1-14(32-18-4-2-3-16(11-18)13-26)20(29)27-9-10-28-21(30)19(34-23(28)31)12-15-5-7-17(8-6-15)33-22(24)25/h2-8,11-12,14,22H,9-10H2,1H3,(H,27,29)/b19-12+. The second-order valence-corrected chi connectivity index (χ2v) is 7.96. The molecule has 34 heavy (non-hydrogen) atoms. The zero-order valence-electron chi connectivity index (χ0n) is 17.9. The maximum absolute atomic E-state index is 12.6. The van der Waals surface area contributed by atoms with Crippen LogP contribution in [0.3, 0.4) is 0 Å². The molecule has 0 radical (unpaired) electrons. The van der Waals surface area contributed by atoms with Crippen LogP contribution in [0.1, 0.15) is 18.1 Å². The highest BCUT2D eigenvalue weighted by Gasteiger charge is 2.34. The molecule has 176 valence electrons. The lowest BCUT2D eigenvalue weighted by Crippen LogP contribution is -2.41. The van der Waals surface area contributed by atoms with E-state index in [-0.39, 0.29) is 23.7 Å². The summed E-state index contributed by atoms with van der Waals surface area (Å²) in [4.78, 5) is 38.3. The number of ether oxygens (including phenoxy) is 2. The van der Waals surface area contributed by atoms with Crippen molar-refractivity contribution < 1.29 is 32.6 Å². The molecule has 1 fully saturated rings. The Balaban J connectivity index is 1.51. The van der Waals surface area contributed by atoms with Gasteiger partial charge in [-0.1, -0.05) is 18.2 Å². The van der Waals surface area contributed by atoms with E-state index in [1.807, 2.05) is 6.07 Å².